The van der Waals surface area contributed by atoms with E-state index in [1.165, 1.54) is 6.92 Å². The predicted molar refractivity (Wildman–Crippen MR) is 62.5 cm³/mol. The van der Waals surface area contributed by atoms with Crippen LogP contribution in [0.3, 0.4) is 0 Å². The van der Waals surface area contributed by atoms with E-state index in [0.717, 1.165) is 0 Å². The molecular weight excluding hydrogens is 260 g/mol. The van der Waals surface area contributed by atoms with E-state index in [2.05, 4.69) is 11.3 Å². The number of hydrogen-bond donors (Lipinski definition) is 3. The molecule has 0 atom stereocenters. The Kier molecular flexibility index (Phi) is 10.7. The van der Waals surface area contributed by atoms with Crippen LogP contribution in [0.5, 0.6) is 0 Å². The summed E-state index contributed by atoms with van der Waals surface area (Å²) < 4.78 is 4.49. The van der Waals surface area contributed by atoms with Crippen molar-refractivity contribution in [2.45, 2.75) is 26.2 Å². The molecule has 3 N–H and O–H groups in total. The van der Waals surface area contributed by atoms with Crippen LogP contribution in [-0.4, -0.2) is 45.8 Å². The molecule has 0 saturated heterocycles. The second-order valence-corrected chi connectivity index (χ2v) is 3.35. The summed E-state index contributed by atoms with van der Waals surface area (Å²) in [4.78, 5) is 39.8. The average Bonchev–Trinajstić information content (AvgIpc) is 2.26. The second-order valence-electron chi connectivity index (χ2n) is 3.35. The van der Waals surface area contributed by atoms with E-state index in [9.17, 15) is 19.2 Å². The van der Waals surface area contributed by atoms with Gasteiger partial charge in [-0.05, 0) is 6.92 Å². The number of ether oxygens (including phenoxy) is 1. The summed E-state index contributed by atoms with van der Waals surface area (Å²) >= 11 is 0. The van der Waals surface area contributed by atoms with Crippen LogP contribution in [0.2, 0.25) is 0 Å². The van der Waals surface area contributed by atoms with Gasteiger partial charge in [-0.1, -0.05) is 6.58 Å². The van der Waals surface area contributed by atoms with Gasteiger partial charge < -0.3 is 20.1 Å². The van der Waals surface area contributed by atoms with Gasteiger partial charge in [-0.2, -0.15) is 0 Å². The van der Waals surface area contributed by atoms with Gasteiger partial charge in [0, 0.05) is 5.57 Å². The largest absolute Gasteiger partial charge is 0.481 e. The van der Waals surface area contributed by atoms with Gasteiger partial charge in [0.05, 0.1) is 19.3 Å². The molecule has 0 aliphatic carbocycles. The molecule has 0 heterocycles. The van der Waals surface area contributed by atoms with Gasteiger partial charge in [-0.3, -0.25) is 14.4 Å². The van der Waals surface area contributed by atoms with Gasteiger partial charge in [-0.25, -0.2) is 4.79 Å². The van der Waals surface area contributed by atoms with Crippen molar-refractivity contribution in [3.8, 4) is 0 Å². The smallest absolute Gasteiger partial charge is 0.333 e. The van der Waals surface area contributed by atoms with E-state index in [-0.39, 0.29) is 31.4 Å². The molecule has 0 aliphatic heterocycles. The minimum atomic E-state index is -1.08. The van der Waals surface area contributed by atoms with Crippen LogP contribution < -0.4 is 0 Å². The van der Waals surface area contributed by atoms with Crippen molar-refractivity contribution >= 4 is 23.9 Å². The lowest BCUT2D eigenvalue weighted by molar-refractivity contribution is -0.143. The van der Waals surface area contributed by atoms with Crippen LogP contribution in [0.15, 0.2) is 12.2 Å². The van der Waals surface area contributed by atoms with Gasteiger partial charge in [0.15, 0.2) is 0 Å². The second kappa shape index (κ2) is 10.8. The third-order valence-electron chi connectivity index (χ3n) is 1.45. The zero-order chi connectivity index (χ0) is 15.4. The number of hydrogen-bond acceptors (Lipinski definition) is 5. The van der Waals surface area contributed by atoms with Gasteiger partial charge in [-0.15, -0.1) is 0 Å². The van der Waals surface area contributed by atoms with Crippen LogP contribution >= 0.6 is 0 Å². The number of esters is 1. The molecule has 0 aromatic rings. The third kappa shape index (κ3) is 18.2. The summed E-state index contributed by atoms with van der Waals surface area (Å²) in [6.45, 7) is 4.74. The summed E-state index contributed by atoms with van der Waals surface area (Å²) in [7, 11) is 0. The van der Waals surface area contributed by atoms with Gasteiger partial charge in [0.2, 0.25) is 0 Å². The fourth-order valence-electron chi connectivity index (χ4n) is 0.568. The third-order valence-corrected chi connectivity index (χ3v) is 1.45. The standard InChI is InChI=1S/C7H10O4.C4H6O4/c1-5(2)7(10)11-4-3-6(8)9;5-3(6)1-2-4(7)8/h1,3-4H2,2H3,(H,8,9);1-2H2,(H,5,6)(H,7,8). The lowest BCUT2D eigenvalue weighted by Gasteiger charge is -2.00. The highest BCUT2D eigenvalue weighted by Crippen LogP contribution is 1.92. The number of carboxylic acid groups (broad SMARTS) is 3. The maximum atomic E-state index is 10.6. The molecule has 0 rings (SSSR count). The van der Waals surface area contributed by atoms with Crippen LogP contribution in [0.4, 0.5) is 0 Å². The van der Waals surface area contributed by atoms with Gasteiger partial charge in [0.1, 0.15) is 6.61 Å². The lowest BCUT2D eigenvalue weighted by Crippen LogP contribution is -2.09. The normalized spacial score (nSPS) is 8.68. The van der Waals surface area contributed by atoms with E-state index in [0.29, 0.717) is 0 Å². The first-order chi connectivity index (χ1) is 8.66. The molecule has 0 radical (unpaired) electrons. The summed E-state index contributed by atoms with van der Waals surface area (Å²) in [5.41, 5.74) is 0.274. The Hall–Kier alpha value is -2.38. The minimum Gasteiger partial charge on any atom is -0.481 e. The molecule has 19 heavy (non-hydrogen) atoms. The first-order valence-electron chi connectivity index (χ1n) is 5.14. The SMILES string of the molecule is C=C(C)C(=O)OCCC(=O)O.O=C(O)CCC(=O)O. The highest BCUT2D eigenvalue weighted by atomic mass is 16.5. The van der Waals surface area contributed by atoms with Crippen molar-refractivity contribution in [2.75, 3.05) is 6.61 Å². The Morgan fingerprint density at radius 1 is 0.895 bits per heavy atom. The average molecular weight is 276 g/mol. The van der Waals surface area contributed by atoms with E-state index < -0.39 is 23.9 Å². The maximum Gasteiger partial charge on any atom is 0.333 e. The fraction of sp³-hybridized carbons (Fsp3) is 0.455. The number of rotatable bonds is 7. The summed E-state index contributed by atoms with van der Waals surface area (Å²) in [6.07, 6.45) is -0.760. The maximum absolute atomic E-state index is 10.6. The number of carboxylic acids is 3. The molecule has 0 unspecified atom stereocenters. The Labute approximate surface area is 109 Å². The summed E-state index contributed by atoms with van der Waals surface area (Å²) in [6, 6.07) is 0. The Bertz CT molecular complexity index is 344. The van der Waals surface area contributed by atoms with Crippen molar-refractivity contribution in [3.63, 3.8) is 0 Å². The first kappa shape index (κ1) is 19.0. The van der Waals surface area contributed by atoms with Crippen LogP contribution in [-0.2, 0) is 23.9 Å². The molecule has 0 aromatic heterocycles. The Balaban J connectivity index is 0. The molecule has 108 valence electrons. The Morgan fingerprint density at radius 2 is 1.26 bits per heavy atom. The fourth-order valence-corrected chi connectivity index (χ4v) is 0.568. The van der Waals surface area contributed by atoms with Crippen molar-refractivity contribution in [2.24, 2.45) is 0 Å². The van der Waals surface area contributed by atoms with Crippen LogP contribution in [0.1, 0.15) is 26.2 Å². The van der Waals surface area contributed by atoms with E-state index in [4.69, 9.17) is 15.3 Å². The minimum absolute atomic E-state index is 0.0962. The topological polar surface area (TPSA) is 138 Å². The summed E-state index contributed by atoms with van der Waals surface area (Å²) in [5, 5.41) is 23.9. The quantitative estimate of drug-likeness (QED) is 0.451. The van der Waals surface area contributed by atoms with E-state index in [1.807, 2.05) is 0 Å². The number of aliphatic carboxylic acids is 3. The predicted octanol–water partition coefficient (Wildman–Crippen LogP) is 0.516. The molecule has 8 heteroatoms. The Morgan fingerprint density at radius 3 is 1.53 bits per heavy atom. The van der Waals surface area contributed by atoms with Crippen molar-refractivity contribution < 1.29 is 39.2 Å². The van der Waals surface area contributed by atoms with E-state index in [1.54, 1.807) is 0 Å². The zero-order valence-electron chi connectivity index (χ0n) is 10.4. The van der Waals surface area contributed by atoms with Gasteiger partial charge >= 0.3 is 23.9 Å². The molecular formula is C11H16O8. The molecule has 0 aromatic carbocycles. The van der Waals surface area contributed by atoms with Crippen molar-refractivity contribution in [3.05, 3.63) is 12.2 Å². The molecule has 0 amide bonds. The van der Waals surface area contributed by atoms with Crippen molar-refractivity contribution in [1.29, 1.82) is 0 Å². The monoisotopic (exact) mass is 276 g/mol. The molecule has 0 saturated carbocycles. The first-order valence-corrected chi connectivity index (χ1v) is 5.14. The molecule has 0 spiro atoms. The summed E-state index contributed by atoms with van der Waals surface area (Å²) in [5.74, 6) is -3.69. The lowest BCUT2D eigenvalue weighted by atomic mass is 10.3. The molecule has 0 aliphatic rings. The molecule has 8 nitrogen and oxygen atoms in total. The van der Waals surface area contributed by atoms with Crippen LogP contribution in [0.25, 0.3) is 0 Å². The van der Waals surface area contributed by atoms with E-state index >= 15 is 0 Å². The zero-order valence-corrected chi connectivity index (χ0v) is 10.4. The van der Waals surface area contributed by atoms with Crippen LogP contribution in [0, 0.1) is 0 Å². The number of carbonyl (C=O) groups excluding carboxylic acids is 1. The van der Waals surface area contributed by atoms with Crippen molar-refractivity contribution in [1.82, 2.24) is 0 Å². The molecule has 0 bridgehead atoms. The highest BCUT2D eigenvalue weighted by molar-refractivity contribution is 5.87. The number of carbonyl (C=O) groups is 4. The highest BCUT2D eigenvalue weighted by Gasteiger charge is 2.03. The molecule has 0 fully saturated rings. The van der Waals surface area contributed by atoms with Gasteiger partial charge in [0.25, 0.3) is 0 Å².